The molecule has 0 saturated carbocycles. The van der Waals surface area contributed by atoms with Crippen LogP contribution in [0.25, 0.3) is 0 Å². The SMILES string of the molecule is CCOC(=O)c1c(C(=O)c2cc3c(cc2[N+](=O)[O-])OCO3)nnn1Cc1ccc(OC)cc1. The molecule has 0 saturated heterocycles. The van der Waals surface area contributed by atoms with Crippen molar-refractivity contribution in [2.75, 3.05) is 20.5 Å². The standard InChI is InChI=1S/C21H18N4O8/c1-3-31-21(27)19-18(22-23-24(19)10-12-4-6-13(30-2)7-5-12)20(26)14-8-16-17(33-11-32-16)9-15(14)25(28)29/h4-9H,3,10-11H2,1-2H3. The second kappa shape index (κ2) is 8.94. The summed E-state index contributed by atoms with van der Waals surface area (Å²) in [6.45, 7) is 1.63. The van der Waals surface area contributed by atoms with Crippen LogP contribution in [0.3, 0.4) is 0 Å². The molecule has 0 fully saturated rings. The fraction of sp³-hybridized carbons (Fsp3) is 0.238. The van der Waals surface area contributed by atoms with Gasteiger partial charge in [0.05, 0.1) is 31.3 Å². The molecule has 0 amide bonds. The first-order chi connectivity index (χ1) is 15.9. The number of carbonyl (C=O) groups is 2. The lowest BCUT2D eigenvalue weighted by Crippen LogP contribution is -2.18. The second-order valence-corrected chi connectivity index (χ2v) is 6.82. The molecule has 1 aliphatic rings. The second-order valence-electron chi connectivity index (χ2n) is 6.82. The van der Waals surface area contributed by atoms with E-state index in [1.54, 1.807) is 38.3 Å². The first-order valence-corrected chi connectivity index (χ1v) is 9.79. The minimum Gasteiger partial charge on any atom is -0.497 e. The third-order valence-electron chi connectivity index (χ3n) is 4.84. The lowest BCUT2D eigenvalue weighted by Gasteiger charge is -2.08. The number of rotatable bonds is 8. The molecule has 0 unspecified atom stereocenters. The number of fused-ring (bicyclic) bond motifs is 1. The van der Waals surface area contributed by atoms with E-state index in [0.717, 1.165) is 11.6 Å². The van der Waals surface area contributed by atoms with Crippen molar-refractivity contribution in [2.24, 2.45) is 0 Å². The van der Waals surface area contributed by atoms with E-state index in [1.165, 1.54) is 10.7 Å². The molecule has 0 aliphatic carbocycles. The highest BCUT2D eigenvalue weighted by atomic mass is 16.7. The number of nitro groups is 1. The van der Waals surface area contributed by atoms with Crippen LogP contribution < -0.4 is 14.2 Å². The highest BCUT2D eigenvalue weighted by Crippen LogP contribution is 2.38. The van der Waals surface area contributed by atoms with Gasteiger partial charge in [0.1, 0.15) is 11.3 Å². The lowest BCUT2D eigenvalue weighted by atomic mass is 10.0. The molecule has 0 radical (unpaired) electrons. The molecule has 2 aromatic carbocycles. The predicted octanol–water partition coefficient (Wildman–Crippen LogP) is 2.38. The molecule has 2 heterocycles. The third-order valence-corrected chi connectivity index (χ3v) is 4.84. The normalized spacial score (nSPS) is 11.8. The van der Waals surface area contributed by atoms with Gasteiger partial charge in [-0.1, -0.05) is 17.3 Å². The largest absolute Gasteiger partial charge is 0.497 e. The molecule has 170 valence electrons. The Hall–Kier alpha value is -4.48. The predicted molar refractivity (Wildman–Crippen MR) is 111 cm³/mol. The molecule has 0 atom stereocenters. The van der Waals surface area contributed by atoms with E-state index < -0.39 is 22.4 Å². The summed E-state index contributed by atoms with van der Waals surface area (Å²) in [5.41, 5.74) is -0.664. The van der Waals surface area contributed by atoms with Crippen molar-refractivity contribution in [3.8, 4) is 17.2 Å². The van der Waals surface area contributed by atoms with E-state index in [-0.39, 0.29) is 48.4 Å². The van der Waals surface area contributed by atoms with Gasteiger partial charge in [-0.25, -0.2) is 9.48 Å². The Balaban J connectivity index is 1.77. The smallest absolute Gasteiger partial charge is 0.359 e. The molecular weight excluding hydrogens is 436 g/mol. The zero-order chi connectivity index (χ0) is 23.5. The van der Waals surface area contributed by atoms with E-state index in [4.69, 9.17) is 18.9 Å². The lowest BCUT2D eigenvalue weighted by molar-refractivity contribution is -0.385. The fourth-order valence-electron chi connectivity index (χ4n) is 3.27. The van der Waals surface area contributed by atoms with Gasteiger partial charge in [0, 0.05) is 6.07 Å². The fourth-order valence-corrected chi connectivity index (χ4v) is 3.27. The number of hydrogen-bond donors (Lipinski definition) is 0. The number of ketones is 1. The maximum absolute atomic E-state index is 13.3. The van der Waals surface area contributed by atoms with Crippen LogP contribution in [0.5, 0.6) is 17.2 Å². The van der Waals surface area contributed by atoms with Gasteiger partial charge in [-0.3, -0.25) is 14.9 Å². The molecule has 0 spiro atoms. The summed E-state index contributed by atoms with van der Waals surface area (Å²) in [5.74, 6) is -0.736. The number of methoxy groups -OCH3 is 1. The summed E-state index contributed by atoms with van der Waals surface area (Å²) in [6.07, 6.45) is 0. The summed E-state index contributed by atoms with van der Waals surface area (Å²) < 4.78 is 21.8. The zero-order valence-electron chi connectivity index (χ0n) is 17.6. The van der Waals surface area contributed by atoms with Crippen molar-refractivity contribution in [1.82, 2.24) is 15.0 Å². The summed E-state index contributed by atoms with van der Waals surface area (Å²) in [7, 11) is 1.54. The quantitative estimate of drug-likeness (QED) is 0.215. The summed E-state index contributed by atoms with van der Waals surface area (Å²) in [6, 6.07) is 9.29. The van der Waals surface area contributed by atoms with Crippen molar-refractivity contribution in [1.29, 1.82) is 0 Å². The summed E-state index contributed by atoms with van der Waals surface area (Å²) in [5, 5.41) is 19.4. The molecule has 4 rings (SSSR count). The van der Waals surface area contributed by atoms with Crippen LogP contribution in [-0.2, 0) is 11.3 Å². The Labute approximate surface area is 186 Å². The van der Waals surface area contributed by atoms with Crippen molar-refractivity contribution in [3.05, 3.63) is 69.0 Å². The highest BCUT2D eigenvalue weighted by Gasteiger charge is 2.33. The summed E-state index contributed by atoms with van der Waals surface area (Å²) in [4.78, 5) is 36.9. The average molecular weight is 454 g/mol. The van der Waals surface area contributed by atoms with Crippen LogP contribution in [0.2, 0.25) is 0 Å². The molecule has 0 bridgehead atoms. The van der Waals surface area contributed by atoms with Crippen LogP contribution >= 0.6 is 0 Å². The topological polar surface area (TPSA) is 145 Å². The van der Waals surface area contributed by atoms with Gasteiger partial charge in [0.25, 0.3) is 5.69 Å². The molecule has 12 nitrogen and oxygen atoms in total. The van der Waals surface area contributed by atoms with E-state index >= 15 is 0 Å². The van der Waals surface area contributed by atoms with Gasteiger partial charge < -0.3 is 18.9 Å². The Bertz CT molecular complexity index is 1240. The van der Waals surface area contributed by atoms with Crippen molar-refractivity contribution < 1.29 is 33.5 Å². The first kappa shape index (κ1) is 21.7. The van der Waals surface area contributed by atoms with Crippen LogP contribution in [0.15, 0.2) is 36.4 Å². The number of ether oxygens (including phenoxy) is 4. The van der Waals surface area contributed by atoms with Gasteiger partial charge in [-0.05, 0) is 24.6 Å². The van der Waals surface area contributed by atoms with E-state index in [0.29, 0.717) is 5.75 Å². The van der Waals surface area contributed by atoms with E-state index in [2.05, 4.69) is 10.3 Å². The number of hydrogen-bond acceptors (Lipinski definition) is 10. The molecule has 12 heteroatoms. The van der Waals surface area contributed by atoms with Crippen molar-refractivity contribution >= 4 is 17.4 Å². The maximum atomic E-state index is 13.3. The number of benzene rings is 2. The molecule has 3 aromatic rings. The maximum Gasteiger partial charge on any atom is 0.359 e. The van der Waals surface area contributed by atoms with E-state index in [9.17, 15) is 19.7 Å². The molecule has 33 heavy (non-hydrogen) atoms. The van der Waals surface area contributed by atoms with Crippen LogP contribution in [-0.4, -0.2) is 52.2 Å². The minimum absolute atomic E-state index is 0.0460. The van der Waals surface area contributed by atoms with Crippen LogP contribution in [0.1, 0.15) is 39.0 Å². The van der Waals surface area contributed by atoms with Crippen LogP contribution in [0.4, 0.5) is 5.69 Å². The molecule has 1 aliphatic heterocycles. The molecule has 0 N–H and O–H groups in total. The molecule has 1 aromatic heterocycles. The van der Waals surface area contributed by atoms with Gasteiger partial charge in [0.2, 0.25) is 12.6 Å². The summed E-state index contributed by atoms with van der Waals surface area (Å²) >= 11 is 0. The number of aromatic nitrogens is 3. The van der Waals surface area contributed by atoms with Gasteiger partial charge in [-0.2, -0.15) is 0 Å². The number of carbonyl (C=O) groups excluding carboxylic acids is 2. The Morgan fingerprint density at radius 1 is 1.18 bits per heavy atom. The highest BCUT2D eigenvalue weighted by molar-refractivity contribution is 6.14. The number of esters is 1. The number of nitrogens with zero attached hydrogens (tertiary/aromatic N) is 4. The van der Waals surface area contributed by atoms with Crippen LogP contribution in [0, 0.1) is 10.1 Å². The van der Waals surface area contributed by atoms with Crippen molar-refractivity contribution in [2.45, 2.75) is 13.5 Å². The average Bonchev–Trinajstić information content (AvgIpc) is 3.45. The monoisotopic (exact) mass is 454 g/mol. The minimum atomic E-state index is -0.871. The Morgan fingerprint density at radius 2 is 1.88 bits per heavy atom. The van der Waals surface area contributed by atoms with Gasteiger partial charge in [0.15, 0.2) is 22.9 Å². The molecular formula is C21H18N4O8. The first-order valence-electron chi connectivity index (χ1n) is 9.79. The third kappa shape index (κ3) is 4.18. The van der Waals surface area contributed by atoms with Gasteiger partial charge in [-0.15, -0.1) is 5.10 Å². The van der Waals surface area contributed by atoms with Gasteiger partial charge >= 0.3 is 5.97 Å². The number of nitro benzene ring substituents is 1. The Morgan fingerprint density at radius 3 is 2.52 bits per heavy atom. The zero-order valence-corrected chi connectivity index (χ0v) is 17.6. The van der Waals surface area contributed by atoms with Crippen molar-refractivity contribution in [3.63, 3.8) is 0 Å². The Kier molecular flexibility index (Phi) is 5.89. The van der Waals surface area contributed by atoms with E-state index in [1.807, 2.05) is 0 Å².